The van der Waals surface area contributed by atoms with Crippen molar-refractivity contribution in [2.75, 3.05) is 25.1 Å². The highest BCUT2D eigenvalue weighted by Gasteiger charge is 2.26. The van der Waals surface area contributed by atoms with Crippen LogP contribution in [0, 0.1) is 12.8 Å². The Bertz CT molecular complexity index is 524. The van der Waals surface area contributed by atoms with Crippen LogP contribution in [0.5, 0.6) is 0 Å². The third kappa shape index (κ3) is 5.49. The van der Waals surface area contributed by atoms with E-state index in [-0.39, 0.29) is 5.92 Å². The first-order valence-electron chi connectivity index (χ1n) is 8.85. The van der Waals surface area contributed by atoms with Crippen molar-refractivity contribution >= 4 is 11.7 Å². The number of nitrogens with one attached hydrogen (secondary N) is 1. The molecule has 0 radical (unpaired) electrons. The summed E-state index contributed by atoms with van der Waals surface area (Å²) in [5, 5.41) is 12.7. The average Bonchev–Trinajstić information content (AvgIpc) is 2.58. The van der Waals surface area contributed by atoms with Crippen molar-refractivity contribution in [1.82, 2.24) is 0 Å². The molecule has 2 rings (SSSR count). The molecule has 1 aliphatic carbocycles. The molecular formula is C19H29NO4. The Labute approximate surface area is 144 Å². The molecule has 5 nitrogen and oxygen atoms in total. The summed E-state index contributed by atoms with van der Waals surface area (Å²) in [6.07, 6.45) is 3.33. The number of anilines is 1. The number of aliphatic carboxylic acids is 1. The summed E-state index contributed by atoms with van der Waals surface area (Å²) in [6.45, 7) is 6.60. The van der Waals surface area contributed by atoms with E-state index in [9.17, 15) is 4.79 Å². The number of hydrogen-bond donors (Lipinski definition) is 2. The van der Waals surface area contributed by atoms with Crippen LogP contribution in [-0.2, 0) is 20.9 Å². The van der Waals surface area contributed by atoms with Gasteiger partial charge in [-0.25, -0.2) is 0 Å². The molecule has 0 heterocycles. The van der Waals surface area contributed by atoms with Crippen LogP contribution in [-0.4, -0.2) is 36.9 Å². The Morgan fingerprint density at radius 2 is 1.92 bits per heavy atom. The van der Waals surface area contributed by atoms with Crippen LogP contribution in [0.4, 0.5) is 5.69 Å². The Hall–Kier alpha value is -1.59. The first-order chi connectivity index (χ1) is 11.6. The van der Waals surface area contributed by atoms with Gasteiger partial charge in [-0.05, 0) is 56.7 Å². The molecule has 0 atom stereocenters. The maximum Gasteiger partial charge on any atom is 0.306 e. The van der Waals surface area contributed by atoms with Crippen molar-refractivity contribution in [3.8, 4) is 0 Å². The number of hydrogen-bond acceptors (Lipinski definition) is 4. The predicted octanol–water partition coefficient (Wildman–Crippen LogP) is 3.60. The number of carboxylic acid groups (broad SMARTS) is 1. The van der Waals surface area contributed by atoms with Crippen molar-refractivity contribution in [2.24, 2.45) is 5.92 Å². The summed E-state index contributed by atoms with van der Waals surface area (Å²) in [5.74, 6) is -0.829. The van der Waals surface area contributed by atoms with Gasteiger partial charge in [-0.1, -0.05) is 12.1 Å². The summed E-state index contributed by atoms with van der Waals surface area (Å²) in [4.78, 5) is 11.0. The van der Waals surface area contributed by atoms with E-state index >= 15 is 0 Å². The molecule has 0 amide bonds. The van der Waals surface area contributed by atoms with E-state index in [1.54, 1.807) is 0 Å². The zero-order valence-corrected chi connectivity index (χ0v) is 14.7. The maximum absolute atomic E-state index is 11.0. The highest BCUT2D eigenvalue weighted by molar-refractivity contribution is 5.70. The highest BCUT2D eigenvalue weighted by Crippen LogP contribution is 2.28. The lowest BCUT2D eigenvalue weighted by molar-refractivity contribution is -0.142. The fraction of sp³-hybridized carbons (Fsp3) is 0.632. The van der Waals surface area contributed by atoms with Crippen molar-refractivity contribution < 1.29 is 19.4 Å². The van der Waals surface area contributed by atoms with E-state index < -0.39 is 5.97 Å². The van der Waals surface area contributed by atoms with E-state index in [4.69, 9.17) is 14.6 Å². The van der Waals surface area contributed by atoms with Gasteiger partial charge in [0.2, 0.25) is 0 Å². The standard InChI is InChI=1S/C19H29NO4/c1-3-23-11-12-24-13-16-5-4-6-18(14(16)2)20-17-9-7-15(8-10-17)19(21)22/h4-6,15,17,20H,3,7-13H2,1-2H3,(H,21,22). The third-order valence-corrected chi connectivity index (χ3v) is 4.72. The minimum absolute atomic E-state index is 0.172. The largest absolute Gasteiger partial charge is 0.481 e. The van der Waals surface area contributed by atoms with Gasteiger partial charge in [0.05, 0.1) is 25.7 Å². The van der Waals surface area contributed by atoms with E-state index in [1.807, 2.05) is 13.0 Å². The molecule has 2 N–H and O–H groups in total. The molecule has 0 aromatic heterocycles. The van der Waals surface area contributed by atoms with Gasteiger partial charge in [0.25, 0.3) is 0 Å². The number of rotatable bonds is 9. The van der Waals surface area contributed by atoms with Crippen LogP contribution < -0.4 is 5.32 Å². The number of carboxylic acids is 1. The molecule has 0 unspecified atom stereocenters. The maximum atomic E-state index is 11.0. The van der Waals surface area contributed by atoms with E-state index in [0.717, 1.165) is 31.4 Å². The molecule has 1 fully saturated rings. The molecule has 1 aliphatic rings. The fourth-order valence-electron chi connectivity index (χ4n) is 3.15. The molecular weight excluding hydrogens is 306 g/mol. The van der Waals surface area contributed by atoms with E-state index in [0.29, 0.717) is 32.5 Å². The highest BCUT2D eigenvalue weighted by atomic mass is 16.5. The van der Waals surface area contributed by atoms with Crippen LogP contribution in [0.1, 0.15) is 43.7 Å². The first kappa shape index (κ1) is 18.7. The molecule has 0 bridgehead atoms. The lowest BCUT2D eigenvalue weighted by atomic mass is 9.86. The molecule has 0 saturated heterocycles. The Kier molecular flexibility index (Phi) is 7.53. The summed E-state index contributed by atoms with van der Waals surface area (Å²) < 4.78 is 10.9. The number of ether oxygens (including phenoxy) is 2. The summed E-state index contributed by atoms with van der Waals surface area (Å²) in [5.41, 5.74) is 3.50. The quantitative estimate of drug-likeness (QED) is 0.675. The topological polar surface area (TPSA) is 67.8 Å². The Morgan fingerprint density at radius 3 is 2.58 bits per heavy atom. The van der Waals surface area contributed by atoms with Gasteiger partial charge >= 0.3 is 5.97 Å². The van der Waals surface area contributed by atoms with Gasteiger partial charge in [-0.2, -0.15) is 0 Å². The minimum atomic E-state index is -0.657. The molecule has 1 saturated carbocycles. The fourth-order valence-corrected chi connectivity index (χ4v) is 3.15. The lowest BCUT2D eigenvalue weighted by Gasteiger charge is -2.28. The van der Waals surface area contributed by atoms with Crippen LogP contribution in [0.2, 0.25) is 0 Å². The first-order valence-corrected chi connectivity index (χ1v) is 8.85. The summed E-state index contributed by atoms with van der Waals surface area (Å²) in [7, 11) is 0. The van der Waals surface area contributed by atoms with Gasteiger partial charge in [0, 0.05) is 18.3 Å². The van der Waals surface area contributed by atoms with Gasteiger partial charge in [-0.3, -0.25) is 4.79 Å². The molecule has 1 aromatic rings. The van der Waals surface area contributed by atoms with Crippen molar-refractivity contribution in [2.45, 2.75) is 52.2 Å². The normalized spacial score (nSPS) is 20.8. The molecule has 134 valence electrons. The predicted molar refractivity (Wildman–Crippen MR) is 94.3 cm³/mol. The van der Waals surface area contributed by atoms with E-state index in [1.165, 1.54) is 11.1 Å². The zero-order valence-electron chi connectivity index (χ0n) is 14.7. The lowest BCUT2D eigenvalue weighted by Crippen LogP contribution is -2.29. The zero-order chi connectivity index (χ0) is 17.4. The Morgan fingerprint density at radius 1 is 1.21 bits per heavy atom. The third-order valence-electron chi connectivity index (χ3n) is 4.72. The van der Waals surface area contributed by atoms with Gasteiger partial charge in [-0.15, -0.1) is 0 Å². The molecule has 24 heavy (non-hydrogen) atoms. The van der Waals surface area contributed by atoms with Gasteiger partial charge in [0.15, 0.2) is 0 Å². The van der Waals surface area contributed by atoms with Crippen molar-refractivity contribution in [1.29, 1.82) is 0 Å². The van der Waals surface area contributed by atoms with Gasteiger partial charge < -0.3 is 19.9 Å². The second-order valence-electron chi connectivity index (χ2n) is 6.37. The average molecular weight is 335 g/mol. The SMILES string of the molecule is CCOCCOCc1cccc(NC2CCC(C(=O)O)CC2)c1C. The van der Waals surface area contributed by atoms with Crippen LogP contribution in [0.15, 0.2) is 18.2 Å². The Balaban J connectivity index is 1.85. The smallest absolute Gasteiger partial charge is 0.306 e. The van der Waals surface area contributed by atoms with Crippen LogP contribution in [0.25, 0.3) is 0 Å². The molecule has 5 heteroatoms. The minimum Gasteiger partial charge on any atom is -0.481 e. The number of carbonyl (C=O) groups is 1. The summed E-state index contributed by atoms with van der Waals surface area (Å²) in [6, 6.07) is 6.57. The number of benzene rings is 1. The molecule has 0 aliphatic heterocycles. The monoisotopic (exact) mass is 335 g/mol. The van der Waals surface area contributed by atoms with Crippen LogP contribution >= 0.6 is 0 Å². The van der Waals surface area contributed by atoms with Gasteiger partial charge in [0.1, 0.15) is 0 Å². The van der Waals surface area contributed by atoms with E-state index in [2.05, 4.69) is 24.4 Å². The molecule has 1 aromatic carbocycles. The summed E-state index contributed by atoms with van der Waals surface area (Å²) >= 11 is 0. The molecule has 0 spiro atoms. The van der Waals surface area contributed by atoms with Crippen LogP contribution in [0.3, 0.4) is 0 Å². The second-order valence-corrected chi connectivity index (χ2v) is 6.37. The second kappa shape index (κ2) is 9.64. The van der Waals surface area contributed by atoms with Crippen molar-refractivity contribution in [3.63, 3.8) is 0 Å². The van der Waals surface area contributed by atoms with Crippen molar-refractivity contribution in [3.05, 3.63) is 29.3 Å².